The van der Waals surface area contributed by atoms with E-state index in [1.807, 2.05) is 0 Å². The van der Waals surface area contributed by atoms with Gasteiger partial charge in [0.15, 0.2) is 0 Å². The zero-order valence-corrected chi connectivity index (χ0v) is 10.5. The third-order valence-electron chi connectivity index (χ3n) is 2.58. The maximum absolute atomic E-state index is 11.8. The van der Waals surface area contributed by atoms with Gasteiger partial charge in [0.25, 0.3) is 11.5 Å². The molecule has 0 fully saturated rings. The van der Waals surface area contributed by atoms with Crippen LogP contribution in [-0.4, -0.2) is 28.5 Å². The highest BCUT2D eigenvalue weighted by Crippen LogP contribution is 2.03. The minimum Gasteiger partial charge on any atom is -0.481 e. The standard InChI is InChI=1S/C12H16N2O4/c1-6-4-8(3)14-11(16)9(6)10(15)13-5-7(2)12(17)18/h4,7H,5H2,1-3H3,(H,13,15)(H,14,16)(H,17,18). The summed E-state index contributed by atoms with van der Waals surface area (Å²) in [5.41, 5.74) is 0.802. The number of amides is 1. The van der Waals surface area contributed by atoms with E-state index in [-0.39, 0.29) is 12.1 Å². The highest BCUT2D eigenvalue weighted by molar-refractivity contribution is 5.95. The molecular weight excluding hydrogens is 236 g/mol. The number of carboxylic acid groups (broad SMARTS) is 1. The summed E-state index contributed by atoms with van der Waals surface area (Å²) < 4.78 is 0. The molecule has 0 aliphatic carbocycles. The number of carbonyl (C=O) groups is 2. The van der Waals surface area contributed by atoms with Crippen LogP contribution in [0.25, 0.3) is 0 Å². The minimum absolute atomic E-state index is 0.0130. The predicted octanol–water partition coefficient (Wildman–Crippen LogP) is 0.442. The number of aliphatic carboxylic acids is 1. The molecule has 1 unspecified atom stereocenters. The summed E-state index contributed by atoms with van der Waals surface area (Å²) in [7, 11) is 0. The lowest BCUT2D eigenvalue weighted by molar-refractivity contribution is -0.140. The maximum Gasteiger partial charge on any atom is 0.308 e. The maximum atomic E-state index is 11.8. The lowest BCUT2D eigenvalue weighted by Crippen LogP contribution is -2.35. The van der Waals surface area contributed by atoms with Crippen LogP contribution in [0.5, 0.6) is 0 Å². The van der Waals surface area contributed by atoms with Crippen LogP contribution >= 0.6 is 0 Å². The van der Waals surface area contributed by atoms with Gasteiger partial charge in [-0.25, -0.2) is 0 Å². The van der Waals surface area contributed by atoms with Crippen molar-refractivity contribution in [1.29, 1.82) is 0 Å². The van der Waals surface area contributed by atoms with Gasteiger partial charge in [-0.05, 0) is 25.5 Å². The van der Waals surface area contributed by atoms with E-state index in [2.05, 4.69) is 10.3 Å². The Bertz CT molecular complexity index is 533. The van der Waals surface area contributed by atoms with Crippen LogP contribution in [0.2, 0.25) is 0 Å². The summed E-state index contributed by atoms with van der Waals surface area (Å²) in [4.78, 5) is 36.6. The molecule has 0 aliphatic heterocycles. The largest absolute Gasteiger partial charge is 0.481 e. The Morgan fingerprint density at radius 1 is 1.44 bits per heavy atom. The minimum atomic E-state index is -0.996. The highest BCUT2D eigenvalue weighted by Gasteiger charge is 2.17. The van der Waals surface area contributed by atoms with Crippen LogP contribution in [0.4, 0.5) is 0 Å². The second-order valence-corrected chi connectivity index (χ2v) is 4.29. The number of nitrogens with one attached hydrogen (secondary N) is 2. The van der Waals surface area contributed by atoms with Crippen molar-refractivity contribution in [3.63, 3.8) is 0 Å². The number of aromatic nitrogens is 1. The first-order valence-electron chi connectivity index (χ1n) is 5.54. The molecule has 98 valence electrons. The molecule has 0 bridgehead atoms. The molecule has 0 aliphatic rings. The van der Waals surface area contributed by atoms with Gasteiger partial charge >= 0.3 is 5.97 Å². The molecule has 0 saturated heterocycles. The van der Waals surface area contributed by atoms with Crippen molar-refractivity contribution in [2.24, 2.45) is 5.92 Å². The van der Waals surface area contributed by atoms with Gasteiger partial charge in [-0.2, -0.15) is 0 Å². The molecule has 3 N–H and O–H groups in total. The monoisotopic (exact) mass is 252 g/mol. The van der Waals surface area contributed by atoms with Crippen molar-refractivity contribution in [2.45, 2.75) is 20.8 Å². The smallest absolute Gasteiger partial charge is 0.308 e. The Kier molecular flexibility index (Phi) is 4.25. The predicted molar refractivity (Wildman–Crippen MR) is 65.7 cm³/mol. The average Bonchev–Trinajstić information content (AvgIpc) is 2.24. The number of rotatable bonds is 4. The van der Waals surface area contributed by atoms with Gasteiger partial charge in [-0.15, -0.1) is 0 Å². The molecule has 6 nitrogen and oxygen atoms in total. The number of carboxylic acids is 1. The van der Waals surface area contributed by atoms with E-state index < -0.39 is 23.4 Å². The van der Waals surface area contributed by atoms with E-state index in [9.17, 15) is 14.4 Å². The van der Waals surface area contributed by atoms with Crippen molar-refractivity contribution >= 4 is 11.9 Å². The van der Waals surface area contributed by atoms with E-state index in [1.165, 1.54) is 6.92 Å². The Morgan fingerprint density at radius 2 is 2.06 bits per heavy atom. The lowest BCUT2D eigenvalue weighted by Gasteiger charge is -2.09. The SMILES string of the molecule is Cc1cc(C)c(C(=O)NCC(C)C(=O)O)c(=O)[nH]1. The zero-order chi connectivity index (χ0) is 13.9. The molecule has 0 spiro atoms. The van der Waals surface area contributed by atoms with Gasteiger partial charge in [0.2, 0.25) is 0 Å². The number of hydrogen-bond donors (Lipinski definition) is 3. The molecule has 1 aromatic heterocycles. The molecule has 1 aromatic rings. The summed E-state index contributed by atoms with van der Waals surface area (Å²) in [6, 6.07) is 1.69. The van der Waals surface area contributed by atoms with E-state index >= 15 is 0 Å². The fourth-order valence-corrected chi connectivity index (χ4v) is 1.56. The van der Waals surface area contributed by atoms with Crippen molar-refractivity contribution in [1.82, 2.24) is 10.3 Å². The van der Waals surface area contributed by atoms with Crippen LogP contribution in [0, 0.1) is 19.8 Å². The van der Waals surface area contributed by atoms with E-state index in [0.29, 0.717) is 11.3 Å². The first-order chi connectivity index (χ1) is 8.32. The number of H-pyrrole nitrogens is 1. The number of pyridine rings is 1. The molecule has 0 saturated carbocycles. The highest BCUT2D eigenvalue weighted by atomic mass is 16.4. The van der Waals surface area contributed by atoms with Crippen molar-refractivity contribution in [3.05, 3.63) is 33.2 Å². The first kappa shape index (κ1) is 14.0. The Labute approximate surface area is 104 Å². The van der Waals surface area contributed by atoms with Gasteiger partial charge in [0, 0.05) is 12.2 Å². The third-order valence-corrected chi connectivity index (χ3v) is 2.58. The zero-order valence-electron chi connectivity index (χ0n) is 10.5. The van der Waals surface area contributed by atoms with Gasteiger partial charge < -0.3 is 15.4 Å². The quantitative estimate of drug-likeness (QED) is 0.724. The summed E-state index contributed by atoms with van der Waals surface area (Å²) >= 11 is 0. The molecule has 0 radical (unpaired) electrons. The number of hydrogen-bond acceptors (Lipinski definition) is 3. The summed E-state index contributed by atoms with van der Waals surface area (Å²) in [6.07, 6.45) is 0. The molecule has 6 heteroatoms. The first-order valence-corrected chi connectivity index (χ1v) is 5.54. The van der Waals surface area contributed by atoms with Crippen molar-refractivity contribution in [3.8, 4) is 0 Å². The summed E-state index contributed by atoms with van der Waals surface area (Å²) in [6.45, 7) is 4.86. The Hall–Kier alpha value is -2.11. The number of aryl methyl sites for hydroxylation is 2. The lowest BCUT2D eigenvalue weighted by atomic mass is 10.1. The molecule has 1 heterocycles. The van der Waals surface area contributed by atoms with Crippen LogP contribution in [0.15, 0.2) is 10.9 Å². The van der Waals surface area contributed by atoms with Crippen molar-refractivity contribution in [2.75, 3.05) is 6.54 Å². The second-order valence-electron chi connectivity index (χ2n) is 4.29. The third kappa shape index (κ3) is 3.19. The average molecular weight is 252 g/mol. The fraction of sp³-hybridized carbons (Fsp3) is 0.417. The second kappa shape index (κ2) is 5.48. The number of aromatic amines is 1. The normalized spacial score (nSPS) is 11.9. The van der Waals surface area contributed by atoms with Gasteiger partial charge in [0.1, 0.15) is 5.56 Å². The molecule has 1 rings (SSSR count). The van der Waals surface area contributed by atoms with E-state index in [0.717, 1.165) is 0 Å². The van der Waals surface area contributed by atoms with Crippen LogP contribution in [0.1, 0.15) is 28.5 Å². The van der Waals surface area contributed by atoms with Crippen LogP contribution in [0.3, 0.4) is 0 Å². The fourth-order valence-electron chi connectivity index (χ4n) is 1.56. The van der Waals surface area contributed by atoms with Gasteiger partial charge in [-0.1, -0.05) is 6.92 Å². The number of carbonyl (C=O) groups excluding carboxylic acids is 1. The van der Waals surface area contributed by atoms with Gasteiger partial charge in [-0.3, -0.25) is 14.4 Å². The molecule has 1 atom stereocenters. The van der Waals surface area contributed by atoms with E-state index in [1.54, 1.807) is 19.9 Å². The Morgan fingerprint density at radius 3 is 2.56 bits per heavy atom. The molecular formula is C12H16N2O4. The molecule has 1 amide bonds. The molecule has 18 heavy (non-hydrogen) atoms. The van der Waals surface area contributed by atoms with Crippen molar-refractivity contribution < 1.29 is 14.7 Å². The van der Waals surface area contributed by atoms with Gasteiger partial charge in [0.05, 0.1) is 5.92 Å². The van der Waals surface area contributed by atoms with Crippen LogP contribution < -0.4 is 10.9 Å². The summed E-state index contributed by atoms with van der Waals surface area (Å²) in [5, 5.41) is 11.1. The van der Waals surface area contributed by atoms with E-state index in [4.69, 9.17) is 5.11 Å². The Balaban J connectivity index is 2.86. The summed E-state index contributed by atoms with van der Waals surface area (Å²) in [5.74, 6) is -2.24. The molecule has 0 aromatic carbocycles. The van der Waals surface area contributed by atoms with Crippen LogP contribution in [-0.2, 0) is 4.79 Å². The topological polar surface area (TPSA) is 99.3 Å².